The summed E-state index contributed by atoms with van der Waals surface area (Å²) in [6, 6.07) is 7.83. The van der Waals surface area contributed by atoms with Gasteiger partial charge in [-0.05, 0) is 31.9 Å². The zero-order valence-corrected chi connectivity index (χ0v) is 15.0. The first-order chi connectivity index (χ1) is 12.0. The van der Waals surface area contributed by atoms with Gasteiger partial charge in [-0.1, -0.05) is 18.2 Å². The molecule has 0 fully saturated rings. The highest BCUT2D eigenvalue weighted by Gasteiger charge is 2.30. The number of carbonyl (C=O) groups is 1. The highest BCUT2D eigenvalue weighted by atomic mass is 16.5. The van der Waals surface area contributed by atoms with Gasteiger partial charge in [0, 0.05) is 31.4 Å². The fourth-order valence-electron chi connectivity index (χ4n) is 3.37. The molecule has 0 bridgehead atoms. The molecule has 0 saturated carbocycles. The largest absolute Gasteiger partial charge is 0.492 e. The molecule has 2 aromatic rings. The minimum Gasteiger partial charge on any atom is -0.492 e. The second-order valence-corrected chi connectivity index (χ2v) is 6.58. The highest BCUT2D eigenvalue weighted by molar-refractivity contribution is 5.80. The number of hydrogen-bond donors (Lipinski definition) is 1. The van der Waals surface area contributed by atoms with E-state index in [-0.39, 0.29) is 18.4 Å². The average molecular weight is 343 g/mol. The maximum atomic E-state index is 13.0. The van der Waals surface area contributed by atoms with Crippen molar-refractivity contribution in [2.45, 2.75) is 26.8 Å². The lowest BCUT2D eigenvalue weighted by atomic mass is 9.95. The van der Waals surface area contributed by atoms with Gasteiger partial charge in [-0.3, -0.25) is 9.48 Å². The van der Waals surface area contributed by atoms with Crippen LogP contribution >= 0.6 is 0 Å². The van der Waals surface area contributed by atoms with Gasteiger partial charge in [0.25, 0.3) is 0 Å². The Morgan fingerprint density at radius 2 is 2.16 bits per heavy atom. The molecule has 0 saturated heterocycles. The predicted molar refractivity (Wildman–Crippen MR) is 94.3 cm³/mol. The average Bonchev–Trinajstić information content (AvgIpc) is 2.86. The Labute approximate surface area is 148 Å². The van der Waals surface area contributed by atoms with Gasteiger partial charge in [0.15, 0.2) is 0 Å². The molecule has 1 amide bonds. The van der Waals surface area contributed by atoms with Gasteiger partial charge in [0.2, 0.25) is 5.91 Å². The van der Waals surface area contributed by atoms with Crippen molar-refractivity contribution in [3.05, 3.63) is 46.8 Å². The standard InChI is InChI=1S/C19H25N3O3/c1-13-17(14(2)21(3)20-13)11-22(8-9-23)19(24)16-10-15-6-4-5-7-18(15)25-12-16/h4-7,16,23H,8-12H2,1-3H3/t16-/m0/s1. The molecule has 1 aromatic carbocycles. The summed E-state index contributed by atoms with van der Waals surface area (Å²) in [6.45, 7) is 5.03. The zero-order valence-electron chi connectivity index (χ0n) is 15.0. The first kappa shape index (κ1) is 17.5. The highest BCUT2D eigenvalue weighted by Crippen LogP contribution is 2.28. The summed E-state index contributed by atoms with van der Waals surface area (Å²) in [5.74, 6) is 0.657. The minimum absolute atomic E-state index is 0.0196. The Balaban J connectivity index is 1.77. The lowest BCUT2D eigenvalue weighted by molar-refractivity contribution is -0.138. The predicted octanol–water partition coefficient (Wildman–Crippen LogP) is 1.61. The van der Waals surface area contributed by atoms with E-state index in [1.54, 1.807) is 4.90 Å². The van der Waals surface area contributed by atoms with E-state index >= 15 is 0 Å². The van der Waals surface area contributed by atoms with Crippen LogP contribution in [-0.4, -0.2) is 45.5 Å². The fourth-order valence-corrected chi connectivity index (χ4v) is 3.37. The number of hydrogen-bond acceptors (Lipinski definition) is 4. The van der Waals surface area contributed by atoms with E-state index in [0.717, 1.165) is 28.3 Å². The van der Waals surface area contributed by atoms with E-state index in [1.807, 2.05) is 49.8 Å². The third-order valence-corrected chi connectivity index (χ3v) is 4.92. The molecule has 134 valence electrons. The van der Waals surface area contributed by atoms with Crippen LogP contribution in [0.1, 0.15) is 22.5 Å². The molecule has 1 atom stereocenters. The number of para-hydroxylation sites is 1. The first-order valence-electron chi connectivity index (χ1n) is 8.60. The number of aromatic nitrogens is 2. The first-order valence-corrected chi connectivity index (χ1v) is 8.60. The Morgan fingerprint density at radius 1 is 1.40 bits per heavy atom. The molecule has 1 aromatic heterocycles. The maximum Gasteiger partial charge on any atom is 0.229 e. The smallest absolute Gasteiger partial charge is 0.229 e. The molecule has 0 spiro atoms. The maximum absolute atomic E-state index is 13.0. The van der Waals surface area contributed by atoms with Crippen molar-refractivity contribution in [2.24, 2.45) is 13.0 Å². The number of rotatable bonds is 5. The van der Waals surface area contributed by atoms with Gasteiger partial charge in [0.1, 0.15) is 12.4 Å². The van der Waals surface area contributed by atoms with Crippen LogP contribution in [-0.2, 0) is 24.8 Å². The Morgan fingerprint density at radius 3 is 2.84 bits per heavy atom. The van der Waals surface area contributed by atoms with Gasteiger partial charge in [-0.25, -0.2) is 0 Å². The van der Waals surface area contributed by atoms with Crippen molar-refractivity contribution < 1.29 is 14.6 Å². The number of nitrogens with zero attached hydrogens (tertiary/aromatic N) is 3. The van der Waals surface area contributed by atoms with Gasteiger partial charge in [-0.2, -0.15) is 5.10 Å². The van der Waals surface area contributed by atoms with Crippen LogP contribution in [0.15, 0.2) is 24.3 Å². The summed E-state index contributed by atoms with van der Waals surface area (Å²) in [5, 5.41) is 13.8. The monoisotopic (exact) mass is 343 g/mol. The van der Waals surface area contributed by atoms with Crippen molar-refractivity contribution in [1.29, 1.82) is 0 Å². The lowest BCUT2D eigenvalue weighted by Gasteiger charge is -2.30. The molecule has 0 aliphatic carbocycles. The minimum atomic E-state index is -0.223. The SMILES string of the molecule is Cc1nn(C)c(C)c1CN(CCO)C(=O)[C@@H]1COc2ccccc2C1. The lowest BCUT2D eigenvalue weighted by Crippen LogP contribution is -2.42. The zero-order chi connectivity index (χ0) is 18.0. The van der Waals surface area contributed by atoms with Crippen LogP contribution < -0.4 is 4.74 Å². The van der Waals surface area contributed by atoms with Gasteiger partial charge in [0.05, 0.1) is 18.2 Å². The van der Waals surface area contributed by atoms with Crippen molar-refractivity contribution in [3.8, 4) is 5.75 Å². The quantitative estimate of drug-likeness (QED) is 0.896. The summed E-state index contributed by atoms with van der Waals surface area (Å²) in [7, 11) is 1.90. The number of carbonyl (C=O) groups excluding carboxylic acids is 1. The summed E-state index contributed by atoms with van der Waals surface area (Å²) in [6.07, 6.45) is 0.669. The van der Waals surface area contributed by atoms with Crippen LogP contribution in [0.2, 0.25) is 0 Å². The Kier molecular flexibility index (Phi) is 5.08. The normalized spacial score (nSPS) is 16.2. The summed E-state index contributed by atoms with van der Waals surface area (Å²) >= 11 is 0. The molecule has 0 unspecified atom stereocenters. The Hall–Kier alpha value is -2.34. The number of aliphatic hydroxyl groups is 1. The molecule has 3 rings (SSSR count). The van der Waals surface area contributed by atoms with Gasteiger partial charge in [-0.15, -0.1) is 0 Å². The third-order valence-electron chi connectivity index (χ3n) is 4.92. The van der Waals surface area contributed by atoms with Crippen LogP contribution in [0.3, 0.4) is 0 Å². The molecule has 6 nitrogen and oxygen atoms in total. The molecule has 0 radical (unpaired) electrons. The number of benzene rings is 1. The fraction of sp³-hybridized carbons (Fsp3) is 0.474. The molecule has 1 aliphatic rings. The van der Waals surface area contributed by atoms with E-state index in [4.69, 9.17) is 4.74 Å². The van der Waals surface area contributed by atoms with Crippen LogP contribution in [0.25, 0.3) is 0 Å². The molecular formula is C19H25N3O3. The Bertz CT molecular complexity index is 769. The van der Waals surface area contributed by atoms with E-state index in [2.05, 4.69) is 5.10 Å². The number of fused-ring (bicyclic) bond motifs is 1. The van der Waals surface area contributed by atoms with Gasteiger partial charge >= 0.3 is 0 Å². The summed E-state index contributed by atoms with van der Waals surface area (Å²) < 4.78 is 7.59. The molecule has 6 heteroatoms. The molecule has 25 heavy (non-hydrogen) atoms. The number of aryl methyl sites for hydroxylation is 2. The molecular weight excluding hydrogens is 318 g/mol. The van der Waals surface area contributed by atoms with Crippen molar-refractivity contribution >= 4 is 5.91 Å². The van der Waals surface area contributed by atoms with Crippen molar-refractivity contribution in [1.82, 2.24) is 14.7 Å². The van der Waals surface area contributed by atoms with Gasteiger partial charge < -0.3 is 14.7 Å². The van der Waals surface area contributed by atoms with Crippen molar-refractivity contribution in [2.75, 3.05) is 19.8 Å². The van der Waals surface area contributed by atoms with E-state index in [9.17, 15) is 9.90 Å². The summed E-state index contributed by atoms with van der Waals surface area (Å²) in [4.78, 5) is 14.8. The summed E-state index contributed by atoms with van der Waals surface area (Å²) in [5.41, 5.74) is 4.06. The second kappa shape index (κ2) is 7.27. The number of aliphatic hydroxyl groups excluding tert-OH is 1. The molecule has 1 aliphatic heterocycles. The number of ether oxygens (including phenoxy) is 1. The molecule has 1 N–H and O–H groups in total. The number of amides is 1. The van der Waals surface area contributed by atoms with Crippen LogP contribution in [0, 0.1) is 19.8 Å². The van der Waals surface area contributed by atoms with E-state index < -0.39 is 0 Å². The van der Waals surface area contributed by atoms with Crippen molar-refractivity contribution in [3.63, 3.8) is 0 Å². The van der Waals surface area contributed by atoms with E-state index in [1.165, 1.54) is 0 Å². The molecule has 2 heterocycles. The van der Waals surface area contributed by atoms with Crippen LogP contribution in [0.4, 0.5) is 0 Å². The second-order valence-electron chi connectivity index (χ2n) is 6.58. The van der Waals surface area contributed by atoms with E-state index in [0.29, 0.717) is 26.1 Å². The third kappa shape index (κ3) is 3.54. The van der Waals surface area contributed by atoms with Crippen LogP contribution in [0.5, 0.6) is 5.75 Å². The topological polar surface area (TPSA) is 67.6 Å².